The van der Waals surface area contributed by atoms with Crippen LogP contribution in [-0.4, -0.2) is 65.8 Å². The largest absolute Gasteiger partial charge is 0.465 e. The lowest BCUT2D eigenvalue weighted by Gasteiger charge is -2.49. The fourth-order valence-electron chi connectivity index (χ4n) is 7.68. The molecule has 0 heterocycles. The van der Waals surface area contributed by atoms with E-state index in [9.17, 15) is 29.1 Å². The number of hydrogen-bond acceptors (Lipinski definition) is 10. The summed E-state index contributed by atoms with van der Waals surface area (Å²) >= 11 is 0. The van der Waals surface area contributed by atoms with Gasteiger partial charge < -0.3 is 24.1 Å². The first-order valence-electron chi connectivity index (χ1n) is 14.0. The van der Waals surface area contributed by atoms with E-state index in [1.807, 2.05) is 13.8 Å². The number of ketones is 1. The standard InChI is InChI=1S/C31H40O10/c1-9-15(2)28(36)41-26-16(3)12-30-17(4)10-23-24(29(23,8)14-39-19(6)33)22(25(30)35)11-21(13-38-18(5)32)27(31(26,30)37)40-20(7)34/h9,11-12,17,22-24,26-27,37H,10,13-14H2,1-8H3/b15-9-/t17-,22-,23-,24+,26+,27-,29-,30+,31-/m1/s1. The number of aliphatic hydroxyl groups is 1. The van der Waals surface area contributed by atoms with Gasteiger partial charge in [-0.15, -0.1) is 0 Å². The highest BCUT2D eigenvalue weighted by molar-refractivity contribution is 5.96. The van der Waals surface area contributed by atoms with E-state index in [1.165, 1.54) is 20.8 Å². The van der Waals surface area contributed by atoms with Crippen molar-refractivity contribution in [2.45, 2.75) is 79.6 Å². The van der Waals surface area contributed by atoms with Crippen molar-refractivity contribution in [2.24, 2.45) is 34.5 Å². The summed E-state index contributed by atoms with van der Waals surface area (Å²) in [5, 5.41) is 12.9. The van der Waals surface area contributed by atoms with Gasteiger partial charge >= 0.3 is 23.9 Å². The van der Waals surface area contributed by atoms with Crippen molar-refractivity contribution in [3.8, 4) is 0 Å². The third-order valence-electron chi connectivity index (χ3n) is 9.77. The number of hydrogen-bond donors (Lipinski definition) is 1. The Balaban J connectivity index is 1.95. The number of rotatable bonds is 7. The van der Waals surface area contributed by atoms with E-state index in [0.29, 0.717) is 17.6 Å². The highest BCUT2D eigenvalue weighted by Gasteiger charge is 2.78. The summed E-state index contributed by atoms with van der Waals surface area (Å²) in [5.74, 6) is -4.28. The topological polar surface area (TPSA) is 143 Å². The SMILES string of the molecule is C/C=C(/C)C(=O)O[C@H]1C(C)=C[C@]23C(=O)[C@H](C=C(COC(C)=O)[C@@H](OC(C)=O)[C@]12O)[C@H]1[C@@H](C[C@H]3C)[C@@]1(C)COC(C)=O. The molecule has 0 amide bonds. The number of Topliss-reactive ketones (excluding diaryl/α,β-unsaturated/α-hetero) is 1. The molecule has 0 unspecified atom stereocenters. The molecule has 0 radical (unpaired) electrons. The Kier molecular flexibility index (Phi) is 7.88. The first-order valence-corrected chi connectivity index (χ1v) is 14.0. The van der Waals surface area contributed by atoms with Gasteiger partial charge in [0.1, 0.15) is 6.61 Å². The van der Waals surface area contributed by atoms with Gasteiger partial charge in [0.2, 0.25) is 0 Å². The van der Waals surface area contributed by atoms with Crippen LogP contribution in [0, 0.1) is 34.5 Å². The molecule has 10 nitrogen and oxygen atoms in total. The van der Waals surface area contributed by atoms with Crippen LogP contribution < -0.4 is 0 Å². The van der Waals surface area contributed by atoms with Gasteiger partial charge in [0, 0.05) is 43.3 Å². The van der Waals surface area contributed by atoms with Crippen LogP contribution in [0.25, 0.3) is 0 Å². The zero-order valence-corrected chi connectivity index (χ0v) is 24.9. The molecule has 0 aromatic heterocycles. The molecule has 1 N–H and O–H groups in total. The van der Waals surface area contributed by atoms with Gasteiger partial charge in [-0.2, -0.15) is 0 Å². The van der Waals surface area contributed by atoms with Crippen LogP contribution in [0.5, 0.6) is 0 Å². The molecule has 41 heavy (non-hydrogen) atoms. The molecule has 2 fully saturated rings. The predicted molar refractivity (Wildman–Crippen MR) is 145 cm³/mol. The molecule has 4 rings (SSSR count). The third-order valence-corrected chi connectivity index (χ3v) is 9.77. The summed E-state index contributed by atoms with van der Waals surface area (Å²) in [6, 6.07) is 0. The normalized spacial score (nSPS) is 39.1. The molecule has 9 atom stereocenters. The zero-order chi connectivity index (χ0) is 30.7. The quantitative estimate of drug-likeness (QED) is 0.209. The van der Waals surface area contributed by atoms with Crippen molar-refractivity contribution in [2.75, 3.05) is 13.2 Å². The second kappa shape index (κ2) is 10.5. The molecule has 0 aliphatic heterocycles. The maximum absolute atomic E-state index is 14.9. The molecular formula is C31H40O10. The van der Waals surface area contributed by atoms with Gasteiger partial charge in [-0.1, -0.05) is 32.1 Å². The summed E-state index contributed by atoms with van der Waals surface area (Å²) in [5.41, 5.74) is -3.35. The minimum absolute atomic E-state index is 0.0218. The summed E-state index contributed by atoms with van der Waals surface area (Å²) in [7, 11) is 0. The summed E-state index contributed by atoms with van der Waals surface area (Å²) < 4.78 is 22.4. The average Bonchev–Trinajstić information content (AvgIpc) is 3.43. The van der Waals surface area contributed by atoms with Crippen LogP contribution in [0.1, 0.15) is 61.8 Å². The fourth-order valence-corrected chi connectivity index (χ4v) is 7.68. The van der Waals surface area contributed by atoms with Gasteiger partial charge in [0.15, 0.2) is 23.6 Å². The van der Waals surface area contributed by atoms with Crippen LogP contribution in [0.15, 0.2) is 34.9 Å². The smallest absolute Gasteiger partial charge is 0.334 e. The Morgan fingerprint density at radius 3 is 2.22 bits per heavy atom. The van der Waals surface area contributed by atoms with E-state index in [1.54, 1.807) is 39.0 Å². The van der Waals surface area contributed by atoms with E-state index in [0.717, 1.165) is 0 Å². The van der Waals surface area contributed by atoms with E-state index >= 15 is 0 Å². The van der Waals surface area contributed by atoms with Crippen LogP contribution in [-0.2, 0) is 42.9 Å². The van der Waals surface area contributed by atoms with Crippen molar-refractivity contribution in [1.82, 2.24) is 0 Å². The van der Waals surface area contributed by atoms with E-state index in [2.05, 4.69) is 0 Å². The first kappa shape index (κ1) is 30.7. The Morgan fingerprint density at radius 1 is 1.02 bits per heavy atom. The van der Waals surface area contributed by atoms with Crippen molar-refractivity contribution in [3.05, 3.63) is 34.9 Å². The number of esters is 4. The number of ether oxygens (including phenoxy) is 4. The van der Waals surface area contributed by atoms with Gasteiger partial charge in [-0.05, 0) is 50.5 Å². The van der Waals surface area contributed by atoms with Gasteiger partial charge in [0.05, 0.1) is 12.0 Å². The van der Waals surface area contributed by atoms with E-state index < -0.39 is 64.4 Å². The highest BCUT2D eigenvalue weighted by atomic mass is 16.6. The number of fused-ring (bicyclic) bond motifs is 3. The fraction of sp³-hybridized carbons (Fsp3) is 0.645. The van der Waals surface area contributed by atoms with Crippen molar-refractivity contribution >= 4 is 29.7 Å². The zero-order valence-electron chi connectivity index (χ0n) is 24.9. The van der Waals surface area contributed by atoms with Crippen LogP contribution in [0.4, 0.5) is 0 Å². The average molecular weight is 573 g/mol. The predicted octanol–water partition coefficient (Wildman–Crippen LogP) is 3.02. The molecule has 0 aromatic carbocycles. The Morgan fingerprint density at radius 2 is 1.66 bits per heavy atom. The number of allylic oxidation sites excluding steroid dienone is 2. The van der Waals surface area contributed by atoms with E-state index in [4.69, 9.17) is 18.9 Å². The minimum atomic E-state index is -2.23. The Bertz CT molecular complexity index is 1280. The van der Waals surface area contributed by atoms with Gasteiger partial charge in [-0.3, -0.25) is 19.2 Å². The monoisotopic (exact) mass is 572 g/mol. The Labute approximate surface area is 240 Å². The molecule has 4 aliphatic carbocycles. The van der Waals surface area contributed by atoms with Crippen molar-refractivity contribution in [3.63, 3.8) is 0 Å². The van der Waals surface area contributed by atoms with Crippen LogP contribution in [0.3, 0.4) is 0 Å². The summed E-state index contributed by atoms with van der Waals surface area (Å²) in [6.07, 6.45) is 2.61. The lowest BCUT2D eigenvalue weighted by atomic mass is 9.59. The lowest BCUT2D eigenvalue weighted by Crippen LogP contribution is -2.66. The molecule has 0 aromatic rings. The van der Waals surface area contributed by atoms with Crippen LogP contribution in [0.2, 0.25) is 0 Å². The summed E-state index contributed by atoms with van der Waals surface area (Å²) in [4.78, 5) is 64.0. The van der Waals surface area contributed by atoms with Gasteiger partial charge in [0.25, 0.3) is 0 Å². The minimum Gasteiger partial charge on any atom is -0.465 e. The highest BCUT2D eigenvalue weighted by Crippen LogP contribution is 2.72. The van der Waals surface area contributed by atoms with Crippen molar-refractivity contribution in [1.29, 1.82) is 0 Å². The molecule has 224 valence electrons. The molecule has 2 bridgehead atoms. The second-order valence-corrected chi connectivity index (χ2v) is 12.3. The Hall–Kier alpha value is -3.27. The van der Waals surface area contributed by atoms with Crippen LogP contribution >= 0.6 is 0 Å². The molecular weight excluding hydrogens is 532 g/mol. The van der Waals surface area contributed by atoms with Gasteiger partial charge in [-0.25, -0.2) is 4.79 Å². The van der Waals surface area contributed by atoms with E-state index in [-0.39, 0.29) is 36.4 Å². The van der Waals surface area contributed by atoms with Crippen molar-refractivity contribution < 1.29 is 48.0 Å². The maximum atomic E-state index is 14.9. The third kappa shape index (κ3) is 4.64. The maximum Gasteiger partial charge on any atom is 0.334 e. The molecule has 2 saturated carbocycles. The number of carbonyl (C=O) groups excluding carboxylic acids is 5. The number of carbonyl (C=O) groups is 5. The summed E-state index contributed by atoms with van der Waals surface area (Å²) in [6.45, 7) is 12.3. The first-order chi connectivity index (χ1) is 19.1. The molecule has 0 saturated heterocycles. The molecule has 4 aliphatic rings. The second-order valence-electron chi connectivity index (χ2n) is 12.3. The molecule has 10 heteroatoms. The lowest BCUT2D eigenvalue weighted by molar-refractivity contribution is -0.211. The molecule has 1 spiro atoms.